The third-order valence-electron chi connectivity index (χ3n) is 2.97. The number of nitrogens with zero attached hydrogens (tertiary/aromatic N) is 3. The topological polar surface area (TPSA) is 41.1 Å². The van der Waals surface area contributed by atoms with E-state index in [0.717, 1.165) is 23.9 Å². The first-order chi connectivity index (χ1) is 7.66. The fourth-order valence-electron chi connectivity index (χ4n) is 2.09. The highest BCUT2D eigenvalue weighted by atomic mass is 15.1. The fourth-order valence-corrected chi connectivity index (χ4v) is 2.09. The van der Waals surface area contributed by atoms with Crippen molar-refractivity contribution < 1.29 is 0 Å². The molecule has 88 valence electrons. The molecule has 1 saturated heterocycles. The van der Waals surface area contributed by atoms with Crippen molar-refractivity contribution in [3.05, 3.63) is 17.6 Å². The summed E-state index contributed by atoms with van der Waals surface area (Å²) in [6.45, 7) is 3.06. The number of rotatable bonds is 2. The van der Waals surface area contributed by atoms with Crippen LogP contribution in [0.15, 0.2) is 6.07 Å². The minimum atomic E-state index is 0.411. The summed E-state index contributed by atoms with van der Waals surface area (Å²) < 4.78 is 0. The van der Waals surface area contributed by atoms with Crippen molar-refractivity contribution in [3.8, 4) is 0 Å². The molecule has 2 rings (SSSR count). The molecule has 1 atom stereocenters. The van der Waals surface area contributed by atoms with E-state index >= 15 is 0 Å². The third-order valence-corrected chi connectivity index (χ3v) is 2.97. The van der Waals surface area contributed by atoms with Gasteiger partial charge in [-0.2, -0.15) is 0 Å². The second-order valence-electron chi connectivity index (χ2n) is 4.60. The summed E-state index contributed by atoms with van der Waals surface area (Å²) in [5.74, 6) is 1.85. The highest BCUT2D eigenvalue weighted by molar-refractivity contribution is 5.38. The number of hydrogen-bond donors (Lipinski definition) is 1. The van der Waals surface area contributed by atoms with Crippen LogP contribution in [0.4, 0.5) is 5.82 Å². The average Bonchev–Trinajstić information content (AvgIpc) is 2.29. The van der Waals surface area contributed by atoms with E-state index in [1.807, 2.05) is 25.9 Å². The van der Waals surface area contributed by atoms with E-state index in [4.69, 9.17) is 0 Å². The molecule has 4 heteroatoms. The van der Waals surface area contributed by atoms with E-state index < -0.39 is 0 Å². The van der Waals surface area contributed by atoms with Crippen molar-refractivity contribution in [2.75, 3.05) is 25.5 Å². The standard InChI is InChI=1S/C12H20N4/c1-9-14-11(8-12(15-9)16(2)3)10-6-4-5-7-13-10/h8,10,13H,4-7H2,1-3H3. The Kier molecular flexibility index (Phi) is 3.39. The SMILES string of the molecule is Cc1nc(C2CCCCN2)cc(N(C)C)n1. The van der Waals surface area contributed by atoms with Gasteiger partial charge in [0.1, 0.15) is 11.6 Å². The second kappa shape index (κ2) is 4.78. The van der Waals surface area contributed by atoms with E-state index in [1.165, 1.54) is 19.3 Å². The minimum absolute atomic E-state index is 0.411. The molecule has 0 aromatic carbocycles. The van der Waals surface area contributed by atoms with E-state index in [2.05, 4.69) is 21.4 Å². The summed E-state index contributed by atoms with van der Waals surface area (Å²) in [5.41, 5.74) is 1.14. The van der Waals surface area contributed by atoms with Gasteiger partial charge in [0, 0.05) is 26.2 Å². The lowest BCUT2D eigenvalue weighted by atomic mass is 10.0. The summed E-state index contributed by atoms with van der Waals surface area (Å²) in [4.78, 5) is 11.0. The molecule has 4 nitrogen and oxygen atoms in total. The summed E-state index contributed by atoms with van der Waals surface area (Å²) in [7, 11) is 4.03. The molecule has 0 amide bonds. The van der Waals surface area contributed by atoms with Crippen LogP contribution in [0.25, 0.3) is 0 Å². The maximum Gasteiger partial charge on any atom is 0.132 e. The quantitative estimate of drug-likeness (QED) is 0.823. The van der Waals surface area contributed by atoms with Crippen LogP contribution in [0.2, 0.25) is 0 Å². The predicted molar refractivity (Wildman–Crippen MR) is 65.7 cm³/mol. The van der Waals surface area contributed by atoms with Crippen LogP contribution in [-0.2, 0) is 0 Å². The van der Waals surface area contributed by atoms with Crippen molar-refractivity contribution >= 4 is 5.82 Å². The third kappa shape index (κ3) is 2.50. The first-order valence-electron chi connectivity index (χ1n) is 5.93. The summed E-state index contributed by atoms with van der Waals surface area (Å²) in [6, 6.07) is 2.50. The predicted octanol–water partition coefficient (Wildman–Crippen LogP) is 1.67. The van der Waals surface area contributed by atoms with E-state index in [9.17, 15) is 0 Å². The van der Waals surface area contributed by atoms with E-state index in [1.54, 1.807) is 0 Å². The van der Waals surface area contributed by atoms with Crippen LogP contribution in [0.5, 0.6) is 0 Å². The summed E-state index contributed by atoms with van der Waals surface area (Å²) >= 11 is 0. The van der Waals surface area contributed by atoms with Crippen LogP contribution in [0, 0.1) is 6.92 Å². The zero-order valence-corrected chi connectivity index (χ0v) is 10.3. The lowest BCUT2D eigenvalue weighted by molar-refractivity contribution is 0.404. The largest absolute Gasteiger partial charge is 0.363 e. The number of aryl methyl sites for hydroxylation is 1. The molecule has 0 saturated carbocycles. The van der Waals surface area contributed by atoms with Crippen molar-refractivity contribution in [3.63, 3.8) is 0 Å². The number of nitrogens with one attached hydrogen (secondary N) is 1. The molecule has 1 aromatic rings. The number of aromatic nitrogens is 2. The molecule has 16 heavy (non-hydrogen) atoms. The minimum Gasteiger partial charge on any atom is -0.363 e. The molecule has 1 aromatic heterocycles. The zero-order chi connectivity index (χ0) is 11.5. The molecule has 2 heterocycles. The van der Waals surface area contributed by atoms with Gasteiger partial charge in [-0.15, -0.1) is 0 Å². The van der Waals surface area contributed by atoms with Gasteiger partial charge in [0.05, 0.1) is 5.69 Å². The molecule has 1 unspecified atom stereocenters. The zero-order valence-electron chi connectivity index (χ0n) is 10.3. The Bertz CT molecular complexity index is 356. The molecule has 0 bridgehead atoms. The maximum absolute atomic E-state index is 4.54. The highest BCUT2D eigenvalue weighted by Gasteiger charge is 2.17. The normalized spacial score (nSPS) is 20.8. The molecule has 0 radical (unpaired) electrons. The fraction of sp³-hybridized carbons (Fsp3) is 0.667. The second-order valence-corrected chi connectivity index (χ2v) is 4.60. The lowest BCUT2D eigenvalue weighted by Gasteiger charge is -2.24. The first-order valence-corrected chi connectivity index (χ1v) is 5.93. The van der Waals surface area contributed by atoms with E-state index in [-0.39, 0.29) is 0 Å². The Morgan fingerprint density at radius 1 is 1.31 bits per heavy atom. The Balaban J connectivity index is 2.25. The Morgan fingerprint density at radius 2 is 2.12 bits per heavy atom. The molecule has 1 N–H and O–H groups in total. The maximum atomic E-state index is 4.54. The van der Waals surface area contributed by atoms with Crippen LogP contribution < -0.4 is 10.2 Å². The first kappa shape index (κ1) is 11.3. The van der Waals surface area contributed by atoms with Gasteiger partial charge < -0.3 is 10.2 Å². The van der Waals surface area contributed by atoms with Crippen LogP contribution >= 0.6 is 0 Å². The monoisotopic (exact) mass is 220 g/mol. The molecule has 0 aliphatic carbocycles. The van der Waals surface area contributed by atoms with Gasteiger partial charge in [-0.05, 0) is 26.3 Å². The molecule has 1 aliphatic heterocycles. The van der Waals surface area contributed by atoms with Crippen molar-refractivity contribution in [2.45, 2.75) is 32.2 Å². The smallest absolute Gasteiger partial charge is 0.132 e. The van der Waals surface area contributed by atoms with Gasteiger partial charge in [0.2, 0.25) is 0 Å². The van der Waals surface area contributed by atoms with Gasteiger partial charge in [-0.25, -0.2) is 9.97 Å². The Morgan fingerprint density at radius 3 is 2.75 bits per heavy atom. The summed E-state index contributed by atoms with van der Waals surface area (Å²) in [5, 5.41) is 3.52. The van der Waals surface area contributed by atoms with Crippen LogP contribution in [-0.4, -0.2) is 30.6 Å². The van der Waals surface area contributed by atoms with Crippen LogP contribution in [0.1, 0.15) is 36.8 Å². The summed E-state index contributed by atoms with van der Waals surface area (Å²) in [6.07, 6.45) is 3.75. The molecule has 1 fully saturated rings. The van der Waals surface area contributed by atoms with Crippen molar-refractivity contribution in [1.29, 1.82) is 0 Å². The van der Waals surface area contributed by atoms with Gasteiger partial charge in [-0.1, -0.05) is 6.42 Å². The number of hydrogen-bond acceptors (Lipinski definition) is 4. The molecule has 1 aliphatic rings. The Hall–Kier alpha value is -1.16. The van der Waals surface area contributed by atoms with Gasteiger partial charge in [0.15, 0.2) is 0 Å². The van der Waals surface area contributed by atoms with Crippen molar-refractivity contribution in [1.82, 2.24) is 15.3 Å². The van der Waals surface area contributed by atoms with Crippen molar-refractivity contribution in [2.24, 2.45) is 0 Å². The van der Waals surface area contributed by atoms with Gasteiger partial charge in [0.25, 0.3) is 0 Å². The number of anilines is 1. The van der Waals surface area contributed by atoms with E-state index in [0.29, 0.717) is 6.04 Å². The van der Waals surface area contributed by atoms with Gasteiger partial charge >= 0.3 is 0 Å². The average molecular weight is 220 g/mol. The Labute approximate surface area is 97.1 Å². The molecular weight excluding hydrogens is 200 g/mol. The van der Waals surface area contributed by atoms with Gasteiger partial charge in [-0.3, -0.25) is 0 Å². The number of piperidine rings is 1. The highest BCUT2D eigenvalue weighted by Crippen LogP contribution is 2.23. The lowest BCUT2D eigenvalue weighted by Crippen LogP contribution is -2.28. The molecular formula is C12H20N4. The van der Waals surface area contributed by atoms with Crippen LogP contribution in [0.3, 0.4) is 0 Å². The molecule has 0 spiro atoms.